The van der Waals surface area contributed by atoms with Gasteiger partial charge in [-0.05, 0) is 36.8 Å². The van der Waals surface area contributed by atoms with Crippen molar-refractivity contribution in [2.45, 2.75) is 19.6 Å². The highest BCUT2D eigenvalue weighted by Gasteiger charge is 2.32. The van der Waals surface area contributed by atoms with Crippen LogP contribution in [0.1, 0.15) is 11.1 Å². The highest BCUT2D eigenvalue weighted by molar-refractivity contribution is 5.91. The average Bonchev–Trinajstić information content (AvgIpc) is 2.91. The summed E-state index contributed by atoms with van der Waals surface area (Å²) in [6.07, 6.45) is -4.47. The number of para-hydroxylation sites is 1. The molecular formula is C16H13F3N4O. The number of carbonyl (C=O) groups is 1. The van der Waals surface area contributed by atoms with Crippen molar-refractivity contribution in [2.24, 2.45) is 0 Å². The molecule has 0 unspecified atom stereocenters. The van der Waals surface area contributed by atoms with E-state index in [-0.39, 0.29) is 17.8 Å². The lowest BCUT2D eigenvalue weighted by atomic mass is 10.1. The SMILES string of the molecule is Cc1ccc(NC(=O)Cn2nnc3ccccc32)cc1C(F)(F)F. The fourth-order valence-electron chi connectivity index (χ4n) is 2.38. The number of benzene rings is 2. The Kier molecular flexibility index (Phi) is 3.96. The van der Waals surface area contributed by atoms with Crippen LogP contribution >= 0.6 is 0 Å². The maximum absolute atomic E-state index is 12.9. The summed E-state index contributed by atoms with van der Waals surface area (Å²) in [5.74, 6) is -0.484. The lowest BCUT2D eigenvalue weighted by molar-refractivity contribution is -0.138. The predicted molar refractivity (Wildman–Crippen MR) is 82.3 cm³/mol. The van der Waals surface area contributed by atoms with E-state index in [0.29, 0.717) is 11.0 Å². The van der Waals surface area contributed by atoms with Gasteiger partial charge in [-0.2, -0.15) is 13.2 Å². The first-order valence-electron chi connectivity index (χ1n) is 7.10. The van der Waals surface area contributed by atoms with Crippen LogP contribution in [0.3, 0.4) is 0 Å². The van der Waals surface area contributed by atoms with Gasteiger partial charge in [0.1, 0.15) is 12.1 Å². The quantitative estimate of drug-likeness (QED) is 0.799. The molecule has 5 nitrogen and oxygen atoms in total. The van der Waals surface area contributed by atoms with Crippen LogP contribution < -0.4 is 5.32 Å². The van der Waals surface area contributed by atoms with Crippen LogP contribution in [0.5, 0.6) is 0 Å². The number of halogens is 3. The summed E-state index contributed by atoms with van der Waals surface area (Å²) in [4.78, 5) is 12.1. The summed E-state index contributed by atoms with van der Waals surface area (Å²) in [6.45, 7) is 1.23. The second kappa shape index (κ2) is 5.95. The van der Waals surface area contributed by atoms with E-state index in [1.54, 1.807) is 24.3 Å². The van der Waals surface area contributed by atoms with Crippen LogP contribution in [0.15, 0.2) is 42.5 Å². The van der Waals surface area contributed by atoms with Crippen LogP contribution in [0.4, 0.5) is 18.9 Å². The Bertz CT molecular complexity index is 902. The second-order valence-electron chi connectivity index (χ2n) is 5.31. The molecule has 0 saturated heterocycles. The van der Waals surface area contributed by atoms with Gasteiger partial charge in [0.2, 0.25) is 5.91 Å². The van der Waals surface area contributed by atoms with Crippen LogP contribution in [0.25, 0.3) is 11.0 Å². The van der Waals surface area contributed by atoms with Crippen LogP contribution in [-0.4, -0.2) is 20.9 Å². The van der Waals surface area contributed by atoms with Crippen molar-refractivity contribution in [1.29, 1.82) is 0 Å². The van der Waals surface area contributed by atoms with Gasteiger partial charge in [0.05, 0.1) is 11.1 Å². The summed E-state index contributed by atoms with van der Waals surface area (Å²) in [7, 11) is 0. The third-order valence-electron chi connectivity index (χ3n) is 3.54. The molecule has 1 heterocycles. The molecule has 0 aliphatic heterocycles. The van der Waals surface area contributed by atoms with E-state index in [0.717, 1.165) is 6.07 Å². The largest absolute Gasteiger partial charge is 0.416 e. The van der Waals surface area contributed by atoms with Gasteiger partial charge in [-0.25, -0.2) is 4.68 Å². The van der Waals surface area contributed by atoms with E-state index in [2.05, 4.69) is 15.6 Å². The molecule has 0 fully saturated rings. The normalized spacial score (nSPS) is 11.7. The molecule has 0 atom stereocenters. The first-order chi connectivity index (χ1) is 11.3. The maximum Gasteiger partial charge on any atom is 0.416 e. The number of hydrogen-bond donors (Lipinski definition) is 1. The molecule has 1 aromatic heterocycles. The number of nitrogens with one attached hydrogen (secondary N) is 1. The molecule has 2 aromatic carbocycles. The first-order valence-corrected chi connectivity index (χ1v) is 7.10. The molecule has 1 amide bonds. The molecule has 1 N–H and O–H groups in total. The van der Waals surface area contributed by atoms with E-state index in [9.17, 15) is 18.0 Å². The zero-order valence-electron chi connectivity index (χ0n) is 12.6. The average molecular weight is 334 g/mol. The van der Waals surface area contributed by atoms with Crippen LogP contribution in [0, 0.1) is 6.92 Å². The van der Waals surface area contributed by atoms with E-state index in [1.165, 1.54) is 23.7 Å². The molecule has 3 aromatic rings. The maximum atomic E-state index is 12.9. The number of rotatable bonds is 3. The van der Waals surface area contributed by atoms with Crippen molar-refractivity contribution >= 4 is 22.6 Å². The Hall–Kier alpha value is -2.90. The van der Waals surface area contributed by atoms with Crippen molar-refractivity contribution in [1.82, 2.24) is 15.0 Å². The lowest BCUT2D eigenvalue weighted by Gasteiger charge is -2.12. The number of fused-ring (bicyclic) bond motifs is 1. The second-order valence-corrected chi connectivity index (χ2v) is 5.31. The van der Waals surface area contributed by atoms with Gasteiger partial charge in [-0.3, -0.25) is 4.79 Å². The summed E-state index contributed by atoms with van der Waals surface area (Å²) < 4.78 is 40.1. The van der Waals surface area contributed by atoms with Crippen LogP contribution in [-0.2, 0) is 17.5 Å². The standard InChI is InChI=1S/C16H13F3N4O/c1-10-6-7-11(8-12(10)16(17,18)19)20-15(24)9-23-14-5-3-2-4-13(14)21-22-23/h2-8H,9H2,1H3,(H,20,24). The smallest absolute Gasteiger partial charge is 0.324 e. The Labute approximate surface area is 135 Å². The van der Waals surface area contributed by atoms with Gasteiger partial charge >= 0.3 is 6.18 Å². The fraction of sp³-hybridized carbons (Fsp3) is 0.188. The number of alkyl halides is 3. The van der Waals surface area contributed by atoms with Gasteiger partial charge in [0.15, 0.2) is 0 Å². The molecule has 0 bridgehead atoms. The highest BCUT2D eigenvalue weighted by atomic mass is 19.4. The Morgan fingerprint density at radius 2 is 1.96 bits per heavy atom. The minimum atomic E-state index is -4.47. The zero-order chi connectivity index (χ0) is 17.3. The summed E-state index contributed by atoms with van der Waals surface area (Å²) in [6, 6.07) is 10.8. The highest BCUT2D eigenvalue weighted by Crippen LogP contribution is 2.33. The molecule has 8 heteroatoms. The summed E-state index contributed by atoms with van der Waals surface area (Å²) >= 11 is 0. The van der Waals surface area contributed by atoms with Gasteiger partial charge < -0.3 is 5.32 Å². The van der Waals surface area contributed by atoms with E-state index < -0.39 is 17.6 Å². The topological polar surface area (TPSA) is 59.8 Å². The Morgan fingerprint density at radius 1 is 1.21 bits per heavy atom. The third-order valence-corrected chi connectivity index (χ3v) is 3.54. The fourth-order valence-corrected chi connectivity index (χ4v) is 2.38. The van der Waals surface area contributed by atoms with Gasteiger partial charge in [0, 0.05) is 5.69 Å². The van der Waals surface area contributed by atoms with Crippen molar-refractivity contribution in [3.8, 4) is 0 Å². The van der Waals surface area contributed by atoms with Gasteiger partial charge in [0.25, 0.3) is 0 Å². The van der Waals surface area contributed by atoms with Crippen molar-refractivity contribution in [2.75, 3.05) is 5.32 Å². The number of carbonyl (C=O) groups excluding carboxylic acids is 1. The van der Waals surface area contributed by atoms with E-state index >= 15 is 0 Å². The van der Waals surface area contributed by atoms with Crippen LogP contribution in [0.2, 0.25) is 0 Å². The summed E-state index contributed by atoms with van der Waals surface area (Å²) in [5.41, 5.74) is 0.726. The van der Waals surface area contributed by atoms with Crippen molar-refractivity contribution in [3.05, 3.63) is 53.6 Å². The molecule has 0 radical (unpaired) electrons. The van der Waals surface area contributed by atoms with Gasteiger partial charge in [-0.15, -0.1) is 5.10 Å². The van der Waals surface area contributed by atoms with Crippen molar-refractivity contribution < 1.29 is 18.0 Å². The Balaban J connectivity index is 1.78. The number of aromatic nitrogens is 3. The zero-order valence-corrected chi connectivity index (χ0v) is 12.6. The molecule has 0 saturated carbocycles. The molecular weight excluding hydrogens is 321 g/mol. The summed E-state index contributed by atoms with van der Waals surface area (Å²) in [5, 5.41) is 10.3. The predicted octanol–water partition coefficient (Wildman–Crippen LogP) is 3.40. The van der Waals surface area contributed by atoms with Crippen molar-refractivity contribution in [3.63, 3.8) is 0 Å². The minimum absolute atomic E-state index is 0.0855. The molecule has 24 heavy (non-hydrogen) atoms. The molecule has 0 aliphatic rings. The molecule has 3 rings (SSSR count). The minimum Gasteiger partial charge on any atom is -0.324 e. The lowest BCUT2D eigenvalue weighted by Crippen LogP contribution is -2.20. The molecule has 124 valence electrons. The Morgan fingerprint density at radius 3 is 2.71 bits per heavy atom. The molecule has 0 aliphatic carbocycles. The van der Waals surface area contributed by atoms with E-state index in [4.69, 9.17) is 0 Å². The monoisotopic (exact) mass is 334 g/mol. The third kappa shape index (κ3) is 3.22. The number of nitrogens with zero attached hydrogens (tertiary/aromatic N) is 3. The number of anilines is 1. The van der Waals surface area contributed by atoms with E-state index in [1.807, 2.05) is 0 Å². The number of amides is 1. The van der Waals surface area contributed by atoms with Gasteiger partial charge in [-0.1, -0.05) is 23.4 Å². The number of aryl methyl sites for hydroxylation is 1. The molecule has 0 spiro atoms. The number of hydrogen-bond acceptors (Lipinski definition) is 3. The first kappa shape index (κ1) is 16.0.